The molecule has 0 aromatic carbocycles. The van der Waals surface area contributed by atoms with Gasteiger partial charge in [-0.25, -0.2) is 13.2 Å². The van der Waals surface area contributed by atoms with Gasteiger partial charge in [-0.1, -0.05) is 173 Å². The van der Waals surface area contributed by atoms with E-state index in [4.69, 9.17) is 9.84 Å². The van der Waals surface area contributed by atoms with E-state index in [9.17, 15) is 18.3 Å². The molecule has 0 spiro atoms. The van der Waals surface area contributed by atoms with Gasteiger partial charge in [0.2, 0.25) is 0 Å². The van der Waals surface area contributed by atoms with Crippen LogP contribution in [0.3, 0.4) is 0 Å². The summed E-state index contributed by atoms with van der Waals surface area (Å²) in [5, 5.41) is 18.2. The van der Waals surface area contributed by atoms with Crippen molar-refractivity contribution < 1.29 is 28.1 Å². The Kier molecular flexibility index (Phi) is 47.7. The smallest absolute Gasteiger partial charge is 0.250 e. The minimum absolute atomic E-state index is 0.00463. The van der Waals surface area contributed by atoms with Crippen molar-refractivity contribution in [3.8, 4) is 0 Å². The van der Waals surface area contributed by atoms with E-state index >= 15 is 0 Å². The minimum atomic E-state index is -2.48. The van der Waals surface area contributed by atoms with Crippen LogP contribution in [0.5, 0.6) is 0 Å². The number of hydrogen-bond donors (Lipinski definition) is 2. The first-order valence-electron chi connectivity index (χ1n) is 23.5. The third-order valence-electron chi connectivity index (χ3n) is 10.1. The third kappa shape index (κ3) is 53.7. The van der Waals surface area contributed by atoms with Crippen LogP contribution in [0.15, 0.2) is 0 Å². The molecule has 3 nitrogen and oxygen atoms in total. The number of halogens is 3. The number of aliphatic hydroxyl groups excluding tert-OH is 2. The summed E-state index contributed by atoms with van der Waals surface area (Å²) in [6.45, 7) is 52.5. The van der Waals surface area contributed by atoms with Crippen LogP contribution in [0.25, 0.3) is 0 Å². The fourth-order valence-electron chi connectivity index (χ4n) is 5.54. The first kappa shape index (κ1) is 68.4. The largest absolute Gasteiger partial charge is 0.396 e. The Morgan fingerprint density at radius 2 is 0.842 bits per heavy atom. The highest BCUT2D eigenvalue weighted by Crippen LogP contribution is 2.30. The highest BCUT2D eigenvalue weighted by molar-refractivity contribution is 4.71. The molecule has 0 rings (SSSR count). The van der Waals surface area contributed by atoms with E-state index in [1.165, 1.54) is 12.8 Å². The molecule has 6 heteroatoms. The number of alkyl halides is 3. The molecule has 354 valence electrons. The van der Waals surface area contributed by atoms with Crippen LogP contribution < -0.4 is 0 Å². The molecule has 0 heterocycles. The summed E-state index contributed by atoms with van der Waals surface area (Å²) in [6, 6.07) is 0. The molecule has 0 amide bonds. The van der Waals surface area contributed by atoms with Crippen molar-refractivity contribution in [3.05, 3.63) is 0 Å². The van der Waals surface area contributed by atoms with E-state index in [0.717, 1.165) is 36.5 Å². The van der Waals surface area contributed by atoms with E-state index in [2.05, 4.69) is 118 Å². The van der Waals surface area contributed by atoms with Crippen molar-refractivity contribution in [1.82, 2.24) is 0 Å². The van der Waals surface area contributed by atoms with Gasteiger partial charge < -0.3 is 14.9 Å². The normalized spacial score (nSPS) is 14.6. The summed E-state index contributed by atoms with van der Waals surface area (Å²) in [5.74, 6) is 4.59. The predicted molar refractivity (Wildman–Crippen MR) is 252 cm³/mol. The first-order chi connectivity index (χ1) is 25.6. The maximum Gasteiger partial charge on any atom is 0.250 e. The van der Waals surface area contributed by atoms with E-state index < -0.39 is 18.0 Å². The highest BCUT2D eigenvalue weighted by atomic mass is 19.3. The lowest BCUT2D eigenvalue weighted by molar-refractivity contribution is -0.0617. The quantitative estimate of drug-likeness (QED) is 0.129. The van der Waals surface area contributed by atoms with E-state index in [0.29, 0.717) is 60.6 Å². The van der Waals surface area contributed by atoms with Gasteiger partial charge >= 0.3 is 0 Å². The number of rotatable bonds is 20. The minimum Gasteiger partial charge on any atom is -0.396 e. The Bertz CT molecular complexity index is 719. The molecular weight excluding hydrogens is 718 g/mol. The van der Waals surface area contributed by atoms with Crippen LogP contribution in [-0.4, -0.2) is 48.2 Å². The number of aliphatic hydroxyl groups is 2. The van der Waals surface area contributed by atoms with E-state index in [-0.39, 0.29) is 24.4 Å². The van der Waals surface area contributed by atoms with Crippen molar-refractivity contribution >= 4 is 0 Å². The number of methoxy groups -OCH3 is 1. The fourth-order valence-corrected chi connectivity index (χ4v) is 5.54. The maximum atomic E-state index is 12.8. The molecule has 5 atom stereocenters. The number of hydrogen-bond acceptors (Lipinski definition) is 3. The second kappa shape index (κ2) is 39.8. The fraction of sp³-hybridized carbons (Fsp3) is 1.00. The van der Waals surface area contributed by atoms with Gasteiger partial charge in [-0.05, 0) is 109 Å². The summed E-state index contributed by atoms with van der Waals surface area (Å²) in [5.41, 5.74) is 0. The molecule has 0 fully saturated rings. The Morgan fingerprint density at radius 1 is 0.456 bits per heavy atom. The average Bonchev–Trinajstić information content (AvgIpc) is 3.01. The lowest BCUT2D eigenvalue weighted by Gasteiger charge is -2.21. The molecule has 2 N–H and O–H groups in total. The standard InChI is InChI=1S/2C9H20O.C9H20.C8H16F2.C8H17F.C8H18O/c1-7(2)6-9(10-5)8(3)4;1-7(2)5-9(6-10)8(3)4;1-7(2)6-9(5)8(3)4;1-6(2)5-8(9,10)7(3)4;2*1-6(2)5-8(9)7(3)4/h7-9H,6H2,1-5H3;7-10H,5-6H2,1-4H3;7-9H,6H2,1-5H3;6-7H,5H2,1-4H3;6-8H,5H2,1-4H3;6-9H,5H2,1-4H3. The van der Waals surface area contributed by atoms with Crippen molar-refractivity contribution in [1.29, 1.82) is 0 Å². The monoisotopic (exact) mass is 829 g/mol. The van der Waals surface area contributed by atoms with Crippen molar-refractivity contribution in [2.75, 3.05) is 13.7 Å². The SMILES string of the molecule is CC(C)CC(C)C(C)C.CC(C)CC(CO)C(C)C.CC(C)CC(F)(F)C(C)C.CC(C)CC(F)C(C)C.CC(C)CC(O)C(C)C.COC(CC(C)C)C(C)C. The third-order valence-corrected chi connectivity index (χ3v) is 10.1. The van der Waals surface area contributed by atoms with Crippen LogP contribution >= 0.6 is 0 Å². The van der Waals surface area contributed by atoms with Crippen LogP contribution in [0, 0.1) is 82.9 Å². The second-order valence-corrected chi connectivity index (χ2v) is 21.7. The topological polar surface area (TPSA) is 49.7 Å². The van der Waals surface area contributed by atoms with E-state index in [1.807, 2.05) is 41.5 Å². The number of ether oxygens (including phenoxy) is 1. The molecule has 57 heavy (non-hydrogen) atoms. The van der Waals surface area contributed by atoms with Crippen LogP contribution in [0.1, 0.15) is 212 Å². The molecule has 0 aliphatic heterocycles. The first-order valence-corrected chi connectivity index (χ1v) is 23.5. The van der Waals surface area contributed by atoms with Gasteiger partial charge in [0.1, 0.15) is 6.17 Å². The van der Waals surface area contributed by atoms with Crippen molar-refractivity contribution in [3.63, 3.8) is 0 Å². The molecular formula is C51H111F3O3. The van der Waals surface area contributed by atoms with Crippen LogP contribution in [0.2, 0.25) is 0 Å². The van der Waals surface area contributed by atoms with Gasteiger partial charge in [0.15, 0.2) is 0 Å². The maximum absolute atomic E-state index is 12.8. The molecule has 0 bridgehead atoms. The molecule has 0 radical (unpaired) electrons. The predicted octanol–water partition coefficient (Wildman–Crippen LogP) is 16.7. The van der Waals surface area contributed by atoms with Crippen LogP contribution in [0.4, 0.5) is 13.2 Å². The molecule has 0 aliphatic carbocycles. The summed E-state index contributed by atoms with van der Waals surface area (Å²) in [4.78, 5) is 0. The van der Waals surface area contributed by atoms with Gasteiger partial charge in [0.25, 0.3) is 5.92 Å². The zero-order valence-corrected chi connectivity index (χ0v) is 43.7. The van der Waals surface area contributed by atoms with Gasteiger partial charge in [-0.15, -0.1) is 0 Å². The Balaban J connectivity index is -0.000000137. The van der Waals surface area contributed by atoms with Crippen LogP contribution in [-0.2, 0) is 4.74 Å². The summed E-state index contributed by atoms with van der Waals surface area (Å²) in [6.07, 6.45) is 5.06. The zero-order chi connectivity index (χ0) is 47.0. The summed E-state index contributed by atoms with van der Waals surface area (Å²) >= 11 is 0. The second-order valence-electron chi connectivity index (χ2n) is 21.7. The van der Waals surface area contributed by atoms with Gasteiger partial charge in [0.05, 0.1) is 12.2 Å². The average molecular weight is 829 g/mol. The zero-order valence-electron chi connectivity index (χ0n) is 43.7. The Morgan fingerprint density at radius 3 is 0.947 bits per heavy atom. The van der Waals surface area contributed by atoms with Crippen molar-refractivity contribution in [2.24, 2.45) is 82.9 Å². The van der Waals surface area contributed by atoms with Gasteiger partial charge in [-0.2, -0.15) is 0 Å². The molecule has 0 saturated heterocycles. The lowest BCUT2D eigenvalue weighted by atomic mass is 9.88. The molecule has 0 aromatic heterocycles. The molecule has 0 saturated carbocycles. The van der Waals surface area contributed by atoms with Gasteiger partial charge in [0, 0.05) is 26.1 Å². The lowest BCUT2D eigenvalue weighted by Crippen LogP contribution is -2.25. The Hall–Kier alpha value is -0.330. The summed E-state index contributed by atoms with van der Waals surface area (Å²) < 4.78 is 43.7. The van der Waals surface area contributed by atoms with E-state index in [1.54, 1.807) is 21.0 Å². The Labute approximate surface area is 359 Å². The highest BCUT2D eigenvalue weighted by Gasteiger charge is 2.33. The summed E-state index contributed by atoms with van der Waals surface area (Å²) in [7, 11) is 1.80. The molecule has 5 unspecified atom stereocenters. The molecule has 0 aliphatic rings. The molecule has 0 aromatic rings. The van der Waals surface area contributed by atoms with Gasteiger partial charge in [-0.3, -0.25) is 0 Å². The van der Waals surface area contributed by atoms with Crippen molar-refractivity contribution in [2.45, 2.75) is 236 Å².